The molecule has 0 aliphatic rings. The first-order valence-corrected chi connectivity index (χ1v) is 10.4. The van der Waals surface area contributed by atoms with Crippen LogP contribution in [0.2, 0.25) is 0 Å². The van der Waals surface area contributed by atoms with Gasteiger partial charge in [-0.3, -0.25) is 4.79 Å². The molecule has 1 aromatic heterocycles. The average Bonchev–Trinajstić information content (AvgIpc) is 3.40. The Bertz CT molecular complexity index is 1180. The Kier molecular flexibility index (Phi) is 7.07. The summed E-state index contributed by atoms with van der Waals surface area (Å²) >= 11 is 0. The predicted molar refractivity (Wildman–Crippen MR) is 125 cm³/mol. The molecule has 1 amide bonds. The van der Waals surface area contributed by atoms with Crippen LogP contribution in [-0.2, 0) is 16.2 Å². The molecule has 0 aliphatic heterocycles. The van der Waals surface area contributed by atoms with E-state index in [1.807, 2.05) is 66.7 Å². The molecule has 0 aliphatic carbocycles. The number of benzene rings is 3. The van der Waals surface area contributed by atoms with E-state index in [4.69, 9.17) is 9.57 Å². The van der Waals surface area contributed by atoms with Gasteiger partial charge >= 0.3 is 0 Å². The second kappa shape index (κ2) is 10.7. The molecule has 4 aromatic rings. The number of oxime groups is 1. The van der Waals surface area contributed by atoms with Crippen LogP contribution in [0.5, 0.6) is 5.75 Å². The van der Waals surface area contributed by atoms with Crippen molar-refractivity contribution >= 4 is 17.8 Å². The lowest BCUT2D eigenvalue weighted by Gasteiger charge is -2.11. The number of hydrogen-bond donors (Lipinski definition) is 1. The lowest BCUT2D eigenvalue weighted by molar-refractivity contribution is -0.126. The third-order valence-electron chi connectivity index (χ3n) is 4.74. The van der Waals surface area contributed by atoms with Crippen molar-refractivity contribution in [3.63, 3.8) is 0 Å². The zero-order valence-corrected chi connectivity index (χ0v) is 18.0. The topological polar surface area (TPSA) is 90.6 Å². The van der Waals surface area contributed by atoms with Crippen molar-refractivity contribution in [2.24, 2.45) is 5.16 Å². The van der Waals surface area contributed by atoms with Gasteiger partial charge in [0, 0.05) is 5.69 Å². The highest BCUT2D eigenvalue weighted by atomic mass is 16.6. The third-order valence-corrected chi connectivity index (χ3v) is 4.74. The fourth-order valence-corrected chi connectivity index (χ4v) is 2.90. The van der Waals surface area contributed by atoms with E-state index in [-0.39, 0.29) is 5.91 Å². The maximum absolute atomic E-state index is 12.4. The van der Waals surface area contributed by atoms with Crippen molar-refractivity contribution in [1.29, 1.82) is 0 Å². The van der Waals surface area contributed by atoms with E-state index < -0.39 is 6.10 Å². The monoisotopic (exact) mass is 441 g/mol. The standard InChI is InChI=1S/C25H23N5O3/c1-19(33-28-15-20-7-11-23(12-8-20)30-18-26-17-27-30)25(31)29-22-9-13-24(14-10-22)32-16-21-5-3-2-4-6-21/h2-15,17-19H,16H2,1H3,(H,29,31). The van der Waals surface area contributed by atoms with Crippen LogP contribution in [0.4, 0.5) is 5.69 Å². The van der Waals surface area contributed by atoms with Crippen LogP contribution in [0.15, 0.2) is 96.7 Å². The minimum absolute atomic E-state index is 0.299. The van der Waals surface area contributed by atoms with Crippen LogP contribution >= 0.6 is 0 Å². The Hall–Kier alpha value is -4.46. The molecule has 1 N–H and O–H groups in total. The molecule has 33 heavy (non-hydrogen) atoms. The molecule has 4 rings (SSSR count). The summed E-state index contributed by atoms with van der Waals surface area (Å²) in [5.74, 6) is 0.423. The normalized spacial score (nSPS) is 11.8. The second-order valence-corrected chi connectivity index (χ2v) is 7.20. The zero-order chi connectivity index (χ0) is 22.9. The Morgan fingerprint density at radius 2 is 1.82 bits per heavy atom. The number of nitrogens with one attached hydrogen (secondary N) is 1. The van der Waals surface area contributed by atoms with Crippen molar-refractivity contribution in [2.45, 2.75) is 19.6 Å². The van der Waals surface area contributed by atoms with E-state index in [9.17, 15) is 4.79 Å². The van der Waals surface area contributed by atoms with Gasteiger partial charge in [0.2, 0.25) is 6.10 Å². The summed E-state index contributed by atoms with van der Waals surface area (Å²) in [5, 5.41) is 10.8. The highest BCUT2D eigenvalue weighted by Gasteiger charge is 2.14. The Morgan fingerprint density at radius 1 is 1.06 bits per heavy atom. The molecule has 1 atom stereocenters. The van der Waals surface area contributed by atoms with Crippen molar-refractivity contribution in [2.75, 3.05) is 5.32 Å². The molecular formula is C25H23N5O3. The molecule has 0 saturated heterocycles. The summed E-state index contributed by atoms with van der Waals surface area (Å²) in [6.45, 7) is 2.12. The summed E-state index contributed by atoms with van der Waals surface area (Å²) in [6.07, 6.45) is 3.89. The minimum atomic E-state index is -0.760. The van der Waals surface area contributed by atoms with E-state index in [2.05, 4.69) is 20.6 Å². The molecule has 8 nitrogen and oxygen atoms in total. The molecule has 0 radical (unpaired) electrons. The predicted octanol–water partition coefficient (Wildman–Crippen LogP) is 4.22. The number of rotatable bonds is 9. The van der Waals surface area contributed by atoms with Crippen LogP contribution < -0.4 is 10.1 Å². The van der Waals surface area contributed by atoms with Crippen LogP contribution in [0.25, 0.3) is 5.69 Å². The van der Waals surface area contributed by atoms with E-state index in [0.717, 1.165) is 22.6 Å². The summed E-state index contributed by atoms with van der Waals surface area (Å²) in [6, 6.07) is 24.6. The van der Waals surface area contributed by atoms with Crippen molar-refractivity contribution < 1.29 is 14.4 Å². The van der Waals surface area contributed by atoms with E-state index in [1.54, 1.807) is 36.3 Å². The fourth-order valence-electron chi connectivity index (χ4n) is 2.90. The number of carbonyl (C=O) groups excluding carboxylic acids is 1. The van der Waals surface area contributed by atoms with Gasteiger partial charge in [0.05, 0.1) is 11.9 Å². The number of ether oxygens (including phenoxy) is 1. The number of aromatic nitrogens is 3. The largest absolute Gasteiger partial charge is 0.489 e. The Labute approximate surface area is 191 Å². The number of amides is 1. The average molecular weight is 441 g/mol. The van der Waals surface area contributed by atoms with Gasteiger partial charge < -0.3 is 14.9 Å². The number of hydrogen-bond acceptors (Lipinski definition) is 6. The molecular weight excluding hydrogens is 418 g/mol. The molecule has 1 heterocycles. The zero-order valence-electron chi connectivity index (χ0n) is 18.0. The number of anilines is 1. The highest BCUT2D eigenvalue weighted by molar-refractivity contribution is 5.94. The molecule has 0 bridgehead atoms. The lowest BCUT2D eigenvalue weighted by atomic mass is 10.2. The molecule has 0 spiro atoms. The van der Waals surface area contributed by atoms with Crippen LogP contribution in [0.1, 0.15) is 18.1 Å². The Morgan fingerprint density at radius 3 is 2.52 bits per heavy atom. The maximum Gasteiger partial charge on any atom is 0.267 e. The summed E-state index contributed by atoms with van der Waals surface area (Å²) < 4.78 is 7.42. The molecule has 0 fully saturated rings. The Balaban J connectivity index is 1.23. The van der Waals surface area contributed by atoms with E-state index in [1.165, 1.54) is 6.33 Å². The number of nitrogens with zero attached hydrogens (tertiary/aromatic N) is 4. The maximum atomic E-state index is 12.4. The van der Waals surface area contributed by atoms with E-state index in [0.29, 0.717) is 12.3 Å². The SMILES string of the molecule is CC(ON=Cc1ccc(-n2cncn2)cc1)C(=O)Nc1ccc(OCc2ccccc2)cc1. The second-order valence-electron chi connectivity index (χ2n) is 7.20. The molecule has 166 valence electrons. The molecule has 3 aromatic carbocycles. The van der Waals surface area contributed by atoms with Gasteiger partial charge in [0.15, 0.2) is 0 Å². The highest BCUT2D eigenvalue weighted by Crippen LogP contribution is 2.17. The van der Waals surface area contributed by atoms with Gasteiger partial charge in [-0.1, -0.05) is 47.6 Å². The van der Waals surface area contributed by atoms with Gasteiger partial charge in [-0.15, -0.1) is 0 Å². The van der Waals surface area contributed by atoms with Gasteiger partial charge in [-0.05, 0) is 54.4 Å². The summed E-state index contributed by atoms with van der Waals surface area (Å²) in [5.41, 5.74) is 3.45. The van der Waals surface area contributed by atoms with Gasteiger partial charge in [0.1, 0.15) is 25.0 Å². The van der Waals surface area contributed by atoms with Crippen LogP contribution in [0.3, 0.4) is 0 Å². The fraction of sp³-hybridized carbons (Fsp3) is 0.120. The first-order chi connectivity index (χ1) is 16.2. The van der Waals surface area contributed by atoms with Gasteiger partial charge in [-0.25, -0.2) is 9.67 Å². The first-order valence-electron chi connectivity index (χ1n) is 10.4. The molecule has 8 heteroatoms. The lowest BCUT2D eigenvalue weighted by Crippen LogP contribution is -2.26. The quantitative estimate of drug-likeness (QED) is 0.310. The molecule has 0 saturated carbocycles. The van der Waals surface area contributed by atoms with E-state index >= 15 is 0 Å². The van der Waals surface area contributed by atoms with Gasteiger partial charge in [-0.2, -0.15) is 5.10 Å². The van der Waals surface area contributed by atoms with Crippen molar-refractivity contribution in [1.82, 2.24) is 14.8 Å². The van der Waals surface area contributed by atoms with Crippen LogP contribution in [0, 0.1) is 0 Å². The number of carbonyl (C=O) groups is 1. The van der Waals surface area contributed by atoms with Crippen LogP contribution in [-0.4, -0.2) is 33.0 Å². The minimum Gasteiger partial charge on any atom is -0.489 e. The van der Waals surface area contributed by atoms with Gasteiger partial charge in [0.25, 0.3) is 5.91 Å². The third kappa shape index (κ3) is 6.27. The molecule has 1 unspecified atom stereocenters. The summed E-state index contributed by atoms with van der Waals surface area (Å²) in [7, 11) is 0. The van der Waals surface area contributed by atoms with Crippen molar-refractivity contribution in [3.05, 3.63) is 103 Å². The summed E-state index contributed by atoms with van der Waals surface area (Å²) in [4.78, 5) is 21.6. The first kappa shape index (κ1) is 21.8. The van der Waals surface area contributed by atoms with Crippen molar-refractivity contribution in [3.8, 4) is 11.4 Å². The smallest absolute Gasteiger partial charge is 0.267 e.